The molecule has 0 aliphatic carbocycles. The number of carbonyl (C=O) groups is 2. The number of hydrogen-bond donors (Lipinski definition) is 0. The van der Waals surface area contributed by atoms with Crippen LogP contribution >= 0.6 is 7.82 Å². The van der Waals surface area contributed by atoms with Crippen molar-refractivity contribution in [3.8, 4) is 11.1 Å². The van der Waals surface area contributed by atoms with E-state index in [2.05, 4.69) is 4.98 Å². The number of hydrogen-bond acceptors (Lipinski definition) is 10. The Morgan fingerprint density at radius 1 is 1.06 bits per heavy atom. The second-order valence-electron chi connectivity index (χ2n) is 6.37. The van der Waals surface area contributed by atoms with Gasteiger partial charge < -0.3 is 9.26 Å². The standard InChI is InChI=1S/C20H23N2O9P/c1-6-29-32(27,30-7-2)31-20(24)17-13(4)21-12(3)16(19(23)28-5)18(17)14-9-8-10-15(11-14)22(25)26/h8-11H,6-7H2,1-5H3. The highest BCUT2D eigenvalue weighted by molar-refractivity contribution is 7.49. The number of pyridine rings is 1. The van der Waals surface area contributed by atoms with Gasteiger partial charge in [0.1, 0.15) is 0 Å². The minimum Gasteiger partial charge on any atom is -0.465 e. The van der Waals surface area contributed by atoms with Crippen molar-refractivity contribution in [3.63, 3.8) is 0 Å². The number of aryl methyl sites for hydroxylation is 2. The molecule has 2 aromatic rings. The zero-order valence-corrected chi connectivity index (χ0v) is 19.1. The first-order valence-electron chi connectivity index (χ1n) is 9.55. The number of esters is 1. The Kier molecular flexibility index (Phi) is 8.20. The molecule has 1 heterocycles. The molecule has 0 saturated carbocycles. The summed E-state index contributed by atoms with van der Waals surface area (Å²) in [6.07, 6.45) is 0. The highest BCUT2D eigenvalue weighted by Gasteiger charge is 2.35. The van der Waals surface area contributed by atoms with Gasteiger partial charge in [0.2, 0.25) is 0 Å². The van der Waals surface area contributed by atoms with Crippen LogP contribution < -0.4 is 0 Å². The largest absolute Gasteiger partial charge is 0.532 e. The van der Waals surface area contributed by atoms with E-state index in [1.165, 1.54) is 38.1 Å². The molecule has 0 bridgehead atoms. The number of rotatable bonds is 9. The van der Waals surface area contributed by atoms with Crippen LogP contribution in [0.25, 0.3) is 11.1 Å². The van der Waals surface area contributed by atoms with Crippen LogP contribution in [-0.4, -0.2) is 42.2 Å². The summed E-state index contributed by atoms with van der Waals surface area (Å²) in [5.41, 5.74) is -0.0484. The van der Waals surface area contributed by atoms with Crippen LogP contribution in [-0.2, 0) is 22.9 Å². The van der Waals surface area contributed by atoms with Crippen LogP contribution in [0.1, 0.15) is 46.0 Å². The van der Waals surface area contributed by atoms with E-state index < -0.39 is 24.7 Å². The molecule has 12 heteroatoms. The lowest BCUT2D eigenvalue weighted by molar-refractivity contribution is -0.384. The second kappa shape index (κ2) is 10.4. The van der Waals surface area contributed by atoms with Gasteiger partial charge in [-0.1, -0.05) is 12.1 Å². The minimum atomic E-state index is -4.26. The van der Waals surface area contributed by atoms with E-state index in [1.54, 1.807) is 13.8 Å². The van der Waals surface area contributed by atoms with Crippen molar-refractivity contribution < 1.29 is 37.4 Å². The molecule has 1 aromatic carbocycles. The number of phosphoric acid groups is 1. The maximum atomic E-state index is 13.1. The zero-order valence-electron chi connectivity index (χ0n) is 18.2. The molecule has 0 amide bonds. The molecule has 172 valence electrons. The van der Waals surface area contributed by atoms with Gasteiger partial charge in [-0.2, -0.15) is 0 Å². The maximum Gasteiger partial charge on any atom is 0.532 e. The number of phosphoric ester groups is 1. The van der Waals surface area contributed by atoms with E-state index in [1.807, 2.05) is 0 Å². The van der Waals surface area contributed by atoms with E-state index in [-0.39, 0.29) is 52.5 Å². The van der Waals surface area contributed by atoms with Crippen LogP contribution in [0.5, 0.6) is 0 Å². The maximum absolute atomic E-state index is 13.1. The summed E-state index contributed by atoms with van der Waals surface area (Å²) >= 11 is 0. The molecule has 0 radical (unpaired) electrons. The summed E-state index contributed by atoms with van der Waals surface area (Å²) in [5, 5.41) is 11.3. The van der Waals surface area contributed by atoms with Gasteiger partial charge in [-0.05, 0) is 33.3 Å². The van der Waals surface area contributed by atoms with Crippen molar-refractivity contribution in [1.29, 1.82) is 0 Å². The van der Waals surface area contributed by atoms with Crippen LogP contribution in [0.2, 0.25) is 0 Å². The highest BCUT2D eigenvalue weighted by atomic mass is 31.2. The fourth-order valence-corrected chi connectivity index (χ4v) is 4.18. The third-order valence-electron chi connectivity index (χ3n) is 4.27. The molecular weight excluding hydrogens is 443 g/mol. The molecule has 0 N–H and O–H groups in total. The monoisotopic (exact) mass is 466 g/mol. The van der Waals surface area contributed by atoms with E-state index in [9.17, 15) is 24.3 Å². The van der Waals surface area contributed by atoms with E-state index >= 15 is 0 Å². The predicted octanol–water partition coefficient (Wildman–Crippen LogP) is 4.40. The predicted molar refractivity (Wildman–Crippen MR) is 113 cm³/mol. The van der Waals surface area contributed by atoms with Crippen molar-refractivity contribution in [3.05, 3.63) is 56.9 Å². The molecule has 0 fully saturated rings. The van der Waals surface area contributed by atoms with Gasteiger partial charge in [-0.15, -0.1) is 0 Å². The molecule has 2 rings (SSSR count). The third-order valence-corrected chi connectivity index (χ3v) is 5.81. The lowest BCUT2D eigenvalue weighted by Gasteiger charge is -2.20. The lowest BCUT2D eigenvalue weighted by Crippen LogP contribution is -2.17. The molecule has 0 aliphatic rings. The van der Waals surface area contributed by atoms with Crippen molar-refractivity contribution in [2.45, 2.75) is 27.7 Å². The topological polar surface area (TPSA) is 144 Å². The Balaban J connectivity index is 2.82. The smallest absolute Gasteiger partial charge is 0.465 e. The Morgan fingerprint density at radius 2 is 1.62 bits per heavy atom. The molecule has 0 aliphatic heterocycles. The Labute approximate surface area is 184 Å². The molecule has 11 nitrogen and oxygen atoms in total. The fraction of sp³-hybridized carbons (Fsp3) is 0.350. The molecule has 0 saturated heterocycles. The van der Waals surface area contributed by atoms with Gasteiger partial charge in [-0.3, -0.25) is 24.1 Å². The van der Waals surface area contributed by atoms with Gasteiger partial charge in [0.05, 0.1) is 47.8 Å². The van der Waals surface area contributed by atoms with Crippen molar-refractivity contribution in [2.24, 2.45) is 0 Å². The summed E-state index contributed by atoms with van der Waals surface area (Å²) < 4.78 is 32.7. The molecule has 1 aromatic heterocycles. The van der Waals surface area contributed by atoms with Crippen molar-refractivity contribution in [2.75, 3.05) is 20.3 Å². The molecule has 0 spiro atoms. The number of non-ortho nitro benzene ring substituents is 1. The first-order chi connectivity index (χ1) is 15.1. The van der Waals surface area contributed by atoms with Gasteiger partial charge >= 0.3 is 19.8 Å². The van der Waals surface area contributed by atoms with Crippen LogP contribution in [0, 0.1) is 24.0 Å². The average Bonchev–Trinajstić information content (AvgIpc) is 2.72. The Bertz CT molecular complexity index is 1090. The summed E-state index contributed by atoms with van der Waals surface area (Å²) in [7, 11) is -3.11. The van der Waals surface area contributed by atoms with Gasteiger partial charge in [0.25, 0.3) is 5.69 Å². The number of ether oxygens (including phenoxy) is 1. The number of nitro benzene ring substituents is 1. The van der Waals surface area contributed by atoms with E-state index in [0.717, 1.165) is 7.11 Å². The number of carbonyl (C=O) groups excluding carboxylic acids is 2. The quantitative estimate of drug-likeness (QED) is 0.226. The van der Waals surface area contributed by atoms with Gasteiger partial charge in [0, 0.05) is 17.7 Å². The summed E-state index contributed by atoms with van der Waals surface area (Å²) in [5.74, 6) is -1.95. The Hall–Kier alpha value is -3.14. The van der Waals surface area contributed by atoms with Crippen molar-refractivity contribution in [1.82, 2.24) is 4.98 Å². The van der Waals surface area contributed by atoms with E-state index in [0.29, 0.717) is 0 Å². The SMILES string of the molecule is CCOP(=O)(OCC)OC(=O)c1c(C)nc(C)c(C(=O)OC)c1-c1cccc([N+](=O)[O-])c1. The average molecular weight is 466 g/mol. The third kappa shape index (κ3) is 5.37. The zero-order chi connectivity index (χ0) is 24.1. The van der Waals surface area contributed by atoms with Crippen LogP contribution in [0.3, 0.4) is 0 Å². The van der Waals surface area contributed by atoms with Crippen LogP contribution in [0.15, 0.2) is 24.3 Å². The number of nitrogens with zero attached hydrogens (tertiary/aromatic N) is 2. The summed E-state index contributed by atoms with van der Waals surface area (Å²) in [4.78, 5) is 40.6. The van der Waals surface area contributed by atoms with Gasteiger partial charge in [-0.25, -0.2) is 14.2 Å². The summed E-state index contributed by atoms with van der Waals surface area (Å²) in [6, 6.07) is 5.34. The molecule has 32 heavy (non-hydrogen) atoms. The van der Waals surface area contributed by atoms with Crippen LogP contribution in [0.4, 0.5) is 5.69 Å². The Morgan fingerprint density at radius 3 is 2.12 bits per heavy atom. The minimum absolute atomic E-state index is 0.00454. The normalized spacial score (nSPS) is 11.2. The fourth-order valence-electron chi connectivity index (χ4n) is 3.07. The van der Waals surface area contributed by atoms with Crippen molar-refractivity contribution >= 4 is 25.4 Å². The highest BCUT2D eigenvalue weighted by Crippen LogP contribution is 2.50. The molecular formula is C20H23N2O9P. The van der Waals surface area contributed by atoms with E-state index in [4.69, 9.17) is 18.3 Å². The first-order valence-corrected chi connectivity index (χ1v) is 11.0. The second-order valence-corrected chi connectivity index (χ2v) is 7.96. The lowest BCUT2D eigenvalue weighted by atomic mass is 9.92. The summed E-state index contributed by atoms with van der Waals surface area (Å²) in [6.45, 7) is 5.99. The number of benzene rings is 1. The number of nitro groups is 1. The first kappa shape index (κ1) is 25.1. The molecule has 0 unspecified atom stereocenters. The van der Waals surface area contributed by atoms with Gasteiger partial charge in [0.15, 0.2) is 0 Å². The molecule has 0 atom stereocenters. The number of aromatic nitrogens is 1. The number of methoxy groups -OCH3 is 1.